The maximum absolute atomic E-state index is 11.7. The lowest BCUT2D eigenvalue weighted by Crippen LogP contribution is -2.37. The van der Waals surface area contributed by atoms with E-state index in [2.05, 4.69) is 31.0 Å². The van der Waals surface area contributed by atoms with Crippen molar-refractivity contribution in [3.63, 3.8) is 0 Å². The van der Waals surface area contributed by atoms with Gasteiger partial charge in [-0.25, -0.2) is 9.78 Å². The average molecular weight is 361 g/mol. The van der Waals surface area contributed by atoms with Crippen LogP contribution in [0.25, 0.3) is 10.6 Å². The van der Waals surface area contributed by atoms with Gasteiger partial charge in [0.25, 0.3) is 5.91 Å². The Morgan fingerprint density at radius 3 is 2.52 bits per heavy atom. The Hall–Kier alpha value is -2.74. The molecule has 0 saturated carbocycles. The normalized spacial score (nSPS) is 10.5. The summed E-state index contributed by atoms with van der Waals surface area (Å²) >= 11 is 1.43. The average Bonchev–Trinajstić information content (AvgIpc) is 3.01. The fourth-order valence-electron chi connectivity index (χ4n) is 2.05. The predicted octanol–water partition coefficient (Wildman–Crippen LogP) is 2.21. The molecule has 0 aliphatic rings. The molecular weight excluding hydrogens is 342 g/mol. The summed E-state index contributed by atoms with van der Waals surface area (Å²) in [7, 11) is 0. The number of rotatable bonds is 6. The van der Waals surface area contributed by atoms with Gasteiger partial charge in [0.1, 0.15) is 5.01 Å². The van der Waals surface area contributed by atoms with Gasteiger partial charge in [0.15, 0.2) is 6.61 Å². The van der Waals surface area contributed by atoms with Crippen LogP contribution in [0.5, 0.6) is 0 Å². The number of primary amides is 1. The number of urea groups is 1. The number of hydrogen-bond donors (Lipinski definition) is 2. The van der Waals surface area contributed by atoms with E-state index in [1.54, 1.807) is 5.38 Å². The van der Waals surface area contributed by atoms with Gasteiger partial charge >= 0.3 is 12.0 Å². The van der Waals surface area contributed by atoms with Crippen LogP contribution in [0.3, 0.4) is 0 Å². The molecule has 0 saturated heterocycles. The summed E-state index contributed by atoms with van der Waals surface area (Å²) in [6, 6.07) is 7.14. The van der Waals surface area contributed by atoms with Crippen LogP contribution in [0.2, 0.25) is 0 Å². The fourth-order valence-corrected chi connectivity index (χ4v) is 2.88. The molecule has 2 aromatic rings. The summed E-state index contributed by atoms with van der Waals surface area (Å²) in [4.78, 5) is 37.8. The van der Waals surface area contributed by atoms with Gasteiger partial charge in [-0.15, -0.1) is 11.3 Å². The van der Waals surface area contributed by atoms with Crippen LogP contribution in [0.1, 0.15) is 31.0 Å². The topological polar surface area (TPSA) is 111 Å². The van der Waals surface area contributed by atoms with Crippen molar-refractivity contribution in [3.05, 3.63) is 40.9 Å². The molecule has 0 atom stereocenters. The van der Waals surface area contributed by atoms with Gasteiger partial charge in [-0.2, -0.15) is 0 Å². The molecule has 132 valence electrons. The first-order valence-electron chi connectivity index (χ1n) is 7.64. The van der Waals surface area contributed by atoms with E-state index < -0.39 is 24.5 Å². The molecule has 1 aromatic carbocycles. The molecule has 1 heterocycles. The van der Waals surface area contributed by atoms with Crippen LogP contribution in [-0.2, 0) is 20.7 Å². The highest BCUT2D eigenvalue weighted by molar-refractivity contribution is 7.13. The summed E-state index contributed by atoms with van der Waals surface area (Å²) in [6.45, 7) is 3.70. The molecule has 8 heteroatoms. The highest BCUT2D eigenvalue weighted by atomic mass is 32.1. The molecule has 0 aliphatic heterocycles. The maximum atomic E-state index is 11.7. The van der Waals surface area contributed by atoms with Crippen LogP contribution in [0.4, 0.5) is 4.79 Å². The third-order valence-electron chi connectivity index (χ3n) is 3.33. The summed E-state index contributed by atoms with van der Waals surface area (Å²) in [5.74, 6) is -0.917. The first-order valence-corrected chi connectivity index (χ1v) is 8.52. The summed E-state index contributed by atoms with van der Waals surface area (Å²) in [5, 5.41) is 4.39. The minimum absolute atomic E-state index is 0.0512. The van der Waals surface area contributed by atoms with E-state index in [0.29, 0.717) is 11.6 Å². The van der Waals surface area contributed by atoms with E-state index in [1.807, 2.05) is 17.4 Å². The molecule has 1 aromatic heterocycles. The molecule has 0 aliphatic carbocycles. The molecule has 2 rings (SSSR count). The number of nitrogens with zero attached hydrogens (tertiary/aromatic N) is 1. The number of nitrogens with one attached hydrogen (secondary N) is 1. The minimum atomic E-state index is -0.992. The van der Waals surface area contributed by atoms with Crippen molar-refractivity contribution in [2.75, 3.05) is 6.61 Å². The number of imide groups is 1. The number of aromatic nitrogens is 1. The van der Waals surface area contributed by atoms with Gasteiger partial charge in [0.2, 0.25) is 0 Å². The van der Waals surface area contributed by atoms with Gasteiger partial charge in [-0.3, -0.25) is 14.9 Å². The fraction of sp³-hybridized carbons (Fsp3) is 0.294. The Kier molecular flexibility index (Phi) is 6.24. The van der Waals surface area contributed by atoms with Crippen LogP contribution >= 0.6 is 11.3 Å². The largest absolute Gasteiger partial charge is 0.455 e. The van der Waals surface area contributed by atoms with Crippen molar-refractivity contribution in [1.29, 1.82) is 0 Å². The second-order valence-electron chi connectivity index (χ2n) is 5.67. The number of benzene rings is 1. The standard InChI is InChI=1S/C17H19N3O4S/c1-10(2)11-3-5-12(6-4-11)16-19-13(9-25-16)7-15(22)24-8-14(21)20-17(18)23/h3-6,9-10H,7-8H2,1-2H3,(H3,18,20,21,23). The number of amides is 3. The zero-order valence-electron chi connectivity index (χ0n) is 13.9. The highest BCUT2D eigenvalue weighted by Gasteiger charge is 2.13. The van der Waals surface area contributed by atoms with E-state index in [4.69, 9.17) is 10.5 Å². The van der Waals surface area contributed by atoms with Gasteiger partial charge in [0.05, 0.1) is 12.1 Å². The van der Waals surface area contributed by atoms with Crippen molar-refractivity contribution >= 4 is 29.2 Å². The number of carbonyl (C=O) groups excluding carboxylic acids is 3. The van der Waals surface area contributed by atoms with E-state index in [-0.39, 0.29) is 6.42 Å². The number of esters is 1. The van der Waals surface area contributed by atoms with Crippen LogP contribution in [0.15, 0.2) is 29.6 Å². The summed E-state index contributed by atoms with van der Waals surface area (Å²) in [6.07, 6.45) is -0.0512. The molecule has 0 radical (unpaired) electrons. The first kappa shape index (κ1) is 18.6. The first-order chi connectivity index (χ1) is 11.8. The second kappa shape index (κ2) is 8.39. The molecular formula is C17H19N3O4S. The SMILES string of the molecule is CC(C)c1ccc(-c2nc(CC(=O)OCC(=O)NC(N)=O)cs2)cc1. The molecule has 0 bridgehead atoms. The van der Waals surface area contributed by atoms with E-state index >= 15 is 0 Å². The number of nitrogens with two attached hydrogens (primary N) is 1. The second-order valence-corrected chi connectivity index (χ2v) is 6.53. The maximum Gasteiger partial charge on any atom is 0.318 e. The van der Waals surface area contributed by atoms with Crippen LogP contribution in [0, 0.1) is 0 Å². The molecule has 25 heavy (non-hydrogen) atoms. The zero-order chi connectivity index (χ0) is 18.4. The summed E-state index contributed by atoms with van der Waals surface area (Å²) in [5.41, 5.74) is 7.58. The van der Waals surface area contributed by atoms with E-state index in [1.165, 1.54) is 16.9 Å². The van der Waals surface area contributed by atoms with Gasteiger partial charge < -0.3 is 10.5 Å². The van der Waals surface area contributed by atoms with Gasteiger partial charge in [0, 0.05) is 10.9 Å². The van der Waals surface area contributed by atoms with Gasteiger partial charge in [-0.05, 0) is 11.5 Å². The van der Waals surface area contributed by atoms with Crippen molar-refractivity contribution in [2.45, 2.75) is 26.2 Å². The Balaban J connectivity index is 1.91. The monoisotopic (exact) mass is 361 g/mol. The van der Waals surface area contributed by atoms with Crippen molar-refractivity contribution in [2.24, 2.45) is 5.73 Å². The molecule has 0 unspecified atom stereocenters. The Labute approximate surface area is 149 Å². The Bertz CT molecular complexity index is 768. The lowest BCUT2D eigenvalue weighted by atomic mass is 10.0. The lowest BCUT2D eigenvalue weighted by Gasteiger charge is -2.05. The van der Waals surface area contributed by atoms with Crippen molar-refractivity contribution in [1.82, 2.24) is 10.3 Å². The summed E-state index contributed by atoms with van der Waals surface area (Å²) < 4.78 is 4.77. The Morgan fingerprint density at radius 2 is 1.92 bits per heavy atom. The smallest absolute Gasteiger partial charge is 0.318 e. The number of carbonyl (C=O) groups is 3. The van der Waals surface area contributed by atoms with E-state index in [9.17, 15) is 14.4 Å². The number of thiazole rings is 1. The quantitative estimate of drug-likeness (QED) is 0.766. The van der Waals surface area contributed by atoms with Crippen LogP contribution in [-0.4, -0.2) is 29.5 Å². The van der Waals surface area contributed by atoms with E-state index in [0.717, 1.165) is 10.6 Å². The highest BCUT2D eigenvalue weighted by Crippen LogP contribution is 2.26. The Morgan fingerprint density at radius 1 is 1.24 bits per heavy atom. The molecule has 0 spiro atoms. The number of ether oxygens (including phenoxy) is 1. The molecule has 3 N–H and O–H groups in total. The van der Waals surface area contributed by atoms with Gasteiger partial charge in [-0.1, -0.05) is 38.1 Å². The molecule has 3 amide bonds. The molecule has 0 fully saturated rings. The number of hydrogen-bond acceptors (Lipinski definition) is 6. The third-order valence-corrected chi connectivity index (χ3v) is 4.27. The zero-order valence-corrected chi connectivity index (χ0v) is 14.8. The van der Waals surface area contributed by atoms with Crippen molar-refractivity contribution < 1.29 is 19.1 Å². The van der Waals surface area contributed by atoms with Crippen LogP contribution < -0.4 is 11.1 Å². The third kappa shape index (κ3) is 5.68. The predicted molar refractivity (Wildman–Crippen MR) is 94.0 cm³/mol. The van der Waals surface area contributed by atoms with Crippen molar-refractivity contribution in [3.8, 4) is 10.6 Å². The lowest BCUT2D eigenvalue weighted by molar-refractivity contribution is -0.147. The minimum Gasteiger partial charge on any atom is -0.455 e. The molecule has 7 nitrogen and oxygen atoms in total.